The maximum Gasteiger partial charge on any atom is 0.225 e. The van der Waals surface area contributed by atoms with Crippen LogP contribution in [0.15, 0.2) is 0 Å². The van der Waals surface area contributed by atoms with Crippen molar-refractivity contribution in [2.75, 3.05) is 19.6 Å². The molecule has 136 valence electrons. The Morgan fingerprint density at radius 3 is 2.08 bits per heavy atom. The Morgan fingerprint density at radius 2 is 1.50 bits per heavy atom. The topological polar surface area (TPSA) is 75.4 Å². The zero-order chi connectivity index (χ0) is 16.9. The van der Waals surface area contributed by atoms with Crippen LogP contribution in [-0.4, -0.2) is 42.4 Å². The van der Waals surface area contributed by atoms with Gasteiger partial charge in [0.1, 0.15) is 0 Å². The van der Waals surface area contributed by atoms with Crippen molar-refractivity contribution in [2.45, 2.75) is 70.3 Å². The minimum atomic E-state index is 0.166. The molecule has 3 rings (SSSR count). The fraction of sp³-hybridized carbons (Fsp3) is 0.895. The van der Waals surface area contributed by atoms with E-state index < -0.39 is 0 Å². The first-order valence-electron chi connectivity index (χ1n) is 9.96. The highest BCUT2D eigenvalue weighted by Crippen LogP contribution is 2.29. The lowest BCUT2D eigenvalue weighted by molar-refractivity contribution is -0.138. The van der Waals surface area contributed by atoms with Crippen LogP contribution >= 0.6 is 0 Å². The summed E-state index contributed by atoms with van der Waals surface area (Å²) in [5.41, 5.74) is 5.73. The summed E-state index contributed by atoms with van der Waals surface area (Å²) in [4.78, 5) is 27.0. The van der Waals surface area contributed by atoms with E-state index >= 15 is 0 Å². The van der Waals surface area contributed by atoms with E-state index in [9.17, 15) is 9.59 Å². The van der Waals surface area contributed by atoms with Crippen LogP contribution in [0.5, 0.6) is 0 Å². The van der Waals surface area contributed by atoms with E-state index in [1.54, 1.807) is 0 Å². The Kier molecular flexibility index (Phi) is 6.14. The number of nitrogens with one attached hydrogen (secondary N) is 1. The molecule has 1 saturated heterocycles. The van der Waals surface area contributed by atoms with Gasteiger partial charge in [0.15, 0.2) is 0 Å². The highest BCUT2D eigenvalue weighted by Gasteiger charge is 2.32. The van der Waals surface area contributed by atoms with Crippen molar-refractivity contribution in [1.82, 2.24) is 10.2 Å². The number of nitrogens with zero attached hydrogens (tertiary/aromatic N) is 1. The first-order valence-corrected chi connectivity index (χ1v) is 9.96. The second-order valence-electron chi connectivity index (χ2n) is 8.04. The van der Waals surface area contributed by atoms with Gasteiger partial charge in [-0.25, -0.2) is 0 Å². The van der Waals surface area contributed by atoms with E-state index in [1.165, 1.54) is 12.8 Å². The van der Waals surface area contributed by atoms with Gasteiger partial charge in [-0.3, -0.25) is 9.59 Å². The van der Waals surface area contributed by atoms with Crippen LogP contribution < -0.4 is 11.1 Å². The second-order valence-corrected chi connectivity index (χ2v) is 8.04. The third kappa shape index (κ3) is 4.29. The lowest BCUT2D eigenvalue weighted by Crippen LogP contribution is -2.46. The summed E-state index contributed by atoms with van der Waals surface area (Å²) in [6.07, 6.45) is 10.3. The van der Waals surface area contributed by atoms with Gasteiger partial charge in [-0.2, -0.15) is 0 Å². The van der Waals surface area contributed by atoms with Gasteiger partial charge in [-0.15, -0.1) is 0 Å². The molecular weight excluding hydrogens is 302 g/mol. The summed E-state index contributed by atoms with van der Waals surface area (Å²) >= 11 is 0. The van der Waals surface area contributed by atoms with Gasteiger partial charge in [-0.05, 0) is 63.8 Å². The Bertz CT molecular complexity index is 432. The van der Waals surface area contributed by atoms with Crippen molar-refractivity contribution in [3.05, 3.63) is 0 Å². The molecule has 2 aliphatic carbocycles. The summed E-state index contributed by atoms with van der Waals surface area (Å²) in [5, 5.41) is 3.24. The maximum atomic E-state index is 12.7. The number of nitrogens with two attached hydrogens (primary N) is 1. The van der Waals surface area contributed by atoms with Gasteiger partial charge in [-0.1, -0.05) is 12.8 Å². The normalized spacial score (nSPS) is 29.6. The zero-order valence-corrected chi connectivity index (χ0v) is 14.8. The molecule has 1 aliphatic heterocycles. The highest BCUT2D eigenvalue weighted by atomic mass is 16.2. The third-order valence-electron chi connectivity index (χ3n) is 6.41. The first kappa shape index (κ1) is 17.7. The van der Waals surface area contributed by atoms with Gasteiger partial charge < -0.3 is 16.0 Å². The molecule has 2 amide bonds. The smallest absolute Gasteiger partial charge is 0.225 e. The largest absolute Gasteiger partial charge is 0.353 e. The maximum absolute atomic E-state index is 12.7. The number of hydrogen-bond donors (Lipinski definition) is 2. The van der Waals surface area contributed by atoms with Gasteiger partial charge >= 0.3 is 0 Å². The van der Waals surface area contributed by atoms with Crippen molar-refractivity contribution in [3.8, 4) is 0 Å². The van der Waals surface area contributed by atoms with Crippen LogP contribution in [0.4, 0.5) is 0 Å². The fourth-order valence-electron chi connectivity index (χ4n) is 4.64. The Balaban J connectivity index is 1.40. The summed E-state index contributed by atoms with van der Waals surface area (Å²) in [6.45, 7) is 2.49. The third-order valence-corrected chi connectivity index (χ3v) is 6.41. The molecule has 5 heteroatoms. The molecule has 0 bridgehead atoms. The van der Waals surface area contributed by atoms with Crippen LogP contribution in [0.3, 0.4) is 0 Å². The van der Waals surface area contributed by atoms with Crippen LogP contribution in [0.1, 0.15) is 64.2 Å². The summed E-state index contributed by atoms with van der Waals surface area (Å²) in [6, 6.07) is 0.283. The number of amides is 2. The van der Waals surface area contributed by atoms with E-state index in [1.807, 2.05) is 4.90 Å². The monoisotopic (exact) mass is 335 g/mol. The van der Waals surface area contributed by atoms with Crippen LogP contribution in [0.25, 0.3) is 0 Å². The SMILES string of the molecule is NCC1CCN(C(=O)C2CCC(NC(=O)C3CCCC3)CC2)CC1. The number of hydrogen-bond acceptors (Lipinski definition) is 3. The molecule has 0 spiro atoms. The average Bonchev–Trinajstić information content (AvgIpc) is 3.17. The lowest BCUT2D eigenvalue weighted by atomic mass is 9.84. The van der Waals surface area contributed by atoms with Crippen molar-refractivity contribution in [2.24, 2.45) is 23.5 Å². The standard InChI is InChI=1S/C19H33N3O2/c20-13-14-9-11-22(12-10-14)19(24)16-5-7-17(8-6-16)21-18(23)15-3-1-2-4-15/h14-17H,1-13,20H2,(H,21,23). The highest BCUT2D eigenvalue weighted by molar-refractivity contribution is 5.80. The quantitative estimate of drug-likeness (QED) is 0.825. The number of likely N-dealkylation sites (tertiary alicyclic amines) is 1. The van der Waals surface area contributed by atoms with Crippen LogP contribution in [0, 0.1) is 17.8 Å². The lowest BCUT2D eigenvalue weighted by Gasteiger charge is -2.36. The Labute approximate surface area is 145 Å². The Morgan fingerprint density at radius 1 is 0.875 bits per heavy atom. The van der Waals surface area contributed by atoms with Gasteiger partial charge in [0.2, 0.25) is 11.8 Å². The molecule has 2 saturated carbocycles. The fourth-order valence-corrected chi connectivity index (χ4v) is 4.64. The van der Waals surface area contributed by atoms with Gasteiger partial charge in [0.25, 0.3) is 0 Å². The molecule has 0 atom stereocenters. The number of carbonyl (C=O) groups excluding carboxylic acids is 2. The van der Waals surface area contributed by atoms with Gasteiger partial charge in [0, 0.05) is 31.0 Å². The number of piperidine rings is 1. The van der Waals surface area contributed by atoms with E-state index in [4.69, 9.17) is 5.73 Å². The molecule has 0 aromatic heterocycles. The predicted octanol–water partition coefficient (Wildman–Crippen LogP) is 2.05. The summed E-state index contributed by atoms with van der Waals surface area (Å²) in [7, 11) is 0. The molecule has 0 aromatic carbocycles. The molecule has 3 aliphatic rings. The predicted molar refractivity (Wildman–Crippen MR) is 94.2 cm³/mol. The minimum absolute atomic E-state index is 0.166. The van der Waals surface area contributed by atoms with Crippen LogP contribution in [-0.2, 0) is 9.59 Å². The zero-order valence-electron chi connectivity index (χ0n) is 14.8. The minimum Gasteiger partial charge on any atom is -0.353 e. The molecule has 1 heterocycles. The average molecular weight is 335 g/mol. The number of rotatable bonds is 4. The van der Waals surface area contributed by atoms with Crippen molar-refractivity contribution >= 4 is 11.8 Å². The van der Waals surface area contributed by atoms with Crippen LogP contribution in [0.2, 0.25) is 0 Å². The Hall–Kier alpha value is -1.10. The summed E-state index contributed by atoms with van der Waals surface area (Å²) in [5.74, 6) is 1.60. The summed E-state index contributed by atoms with van der Waals surface area (Å²) < 4.78 is 0. The molecule has 0 unspecified atom stereocenters. The van der Waals surface area contributed by atoms with E-state index in [0.717, 1.165) is 71.0 Å². The van der Waals surface area contributed by atoms with Gasteiger partial charge in [0.05, 0.1) is 0 Å². The second kappa shape index (κ2) is 8.32. The van der Waals surface area contributed by atoms with Crippen molar-refractivity contribution in [3.63, 3.8) is 0 Å². The van der Waals surface area contributed by atoms with E-state index in [2.05, 4.69) is 5.32 Å². The van der Waals surface area contributed by atoms with E-state index in [0.29, 0.717) is 11.8 Å². The molecular formula is C19H33N3O2. The first-order chi connectivity index (χ1) is 11.7. The molecule has 3 N–H and O–H groups in total. The van der Waals surface area contributed by atoms with E-state index in [-0.39, 0.29) is 23.8 Å². The molecule has 0 aromatic rings. The molecule has 24 heavy (non-hydrogen) atoms. The number of carbonyl (C=O) groups is 2. The molecule has 0 radical (unpaired) electrons. The molecule has 3 fully saturated rings. The van der Waals surface area contributed by atoms with Crippen molar-refractivity contribution < 1.29 is 9.59 Å². The van der Waals surface area contributed by atoms with Crippen molar-refractivity contribution in [1.29, 1.82) is 0 Å². The molecule has 5 nitrogen and oxygen atoms in total.